The van der Waals surface area contributed by atoms with Crippen molar-refractivity contribution < 1.29 is 8.78 Å². The Kier molecular flexibility index (Phi) is 3.36. The van der Waals surface area contributed by atoms with Crippen molar-refractivity contribution in [2.24, 2.45) is 0 Å². The molecule has 0 atom stereocenters. The summed E-state index contributed by atoms with van der Waals surface area (Å²) in [4.78, 5) is 13.4. The highest BCUT2D eigenvalue weighted by Gasteiger charge is 2.13. The van der Waals surface area contributed by atoms with Crippen LogP contribution in [0.15, 0.2) is 10.9 Å². The number of aromatic amines is 1. The predicted molar refractivity (Wildman–Crippen MR) is 49.4 cm³/mol. The van der Waals surface area contributed by atoms with Crippen LogP contribution in [0.1, 0.15) is 23.4 Å². The molecular weight excluding hydrogens is 258 g/mol. The minimum Gasteiger partial charge on any atom is -0.345 e. The van der Waals surface area contributed by atoms with E-state index in [1.54, 1.807) is 6.07 Å². The van der Waals surface area contributed by atoms with Gasteiger partial charge >= 0.3 is 0 Å². The Morgan fingerprint density at radius 1 is 1.64 bits per heavy atom. The van der Waals surface area contributed by atoms with Crippen LogP contribution in [-0.2, 0) is 5.33 Å². The van der Waals surface area contributed by atoms with Gasteiger partial charge in [-0.25, -0.2) is 8.78 Å². The predicted octanol–water partition coefficient (Wildman–Crippen LogP) is 2.08. The van der Waals surface area contributed by atoms with Gasteiger partial charge in [0, 0.05) is 17.0 Å². The zero-order chi connectivity index (χ0) is 10.7. The highest BCUT2D eigenvalue weighted by Crippen LogP contribution is 2.16. The minimum atomic E-state index is -2.78. The van der Waals surface area contributed by atoms with E-state index < -0.39 is 17.5 Å². The molecular formula is C8H5BrF2N2O. The van der Waals surface area contributed by atoms with E-state index in [1.165, 1.54) is 0 Å². The molecule has 0 spiro atoms. The van der Waals surface area contributed by atoms with E-state index in [0.29, 0.717) is 0 Å². The average molecular weight is 263 g/mol. The number of hydrogen-bond donors (Lipinski definition) is 1. The first-order chi connectivity index (χ1) is 6.60. The highest BCUT2D eigenvalue weighted by molar-refractivity contribution is 9.08. The van der Waals surface area contributed by atoms with Crippen LogP contribution >= 0.6 is 15.9 Å². The lowest BCUT2D eigenvalue weighted by Gasteiger charge is -2.03. The van der Waals surface area contributed by atoms with Gasteiger partial charge in [-0.2, -0.15) is 5.26 Å². The van der Waals surface area contributed by atoms with Gasteiger partial charge in [-0.15, -0.1) is 0 Å². The Morgan fingerprint density at radius 2 is 2.29 bits per heavy atom. The van der Waals surface area contributed by atoms with Crippen LogP contribution in [0.3, 0.4) is 0 Å². The van der Waals surface area contributed by atoms with E-state index in [-0.39, 0.29) is 16.6 Å². The third kappa shape index (κ3) is 1.99. The standard InChI is InChI=1S/C8H5BrF2N2O/c9-2-4-6(3-12)13-5(8(10)11)1-7(4)14/h1,8H,2H2,(H,13,14). The van der Waals surface area contributed by atoms with Gasteiger partial charge in [0.2, 0.25) is 0 Å². The van der Waals surface area contributed by atoms with Crippen LogP contribution in [0, 0.1) is 11.3 Å². The number of nitrogens with one attached hydrogen (secondary N) is 1. The molecule has 0 aliphatic carbocycles. The fraction of sp³-hybridized carbons (Fsp3) is 0.250. The summed E-state index contributed by atoms with van der Waals surface area (Å²) in [5.74, 6) is 0. The lowest BCUT2D eigenvalue weighted by atomic mass is 10.2. The van der Waals surface area contributed by atoms with Gasteiger partial charge in [0.05, 0.1) is 5.69 Å². The van der Waals surface area contributed by atoms with Gasteiger partial charge in [-0.05, 0) is 0 Å². The van der Waals surface area contributed by atoms with Crippen molar-refractivity contribution in [2.75, 3.05) is 0 Å². The Labute approximate surface area is 86.5 Å². The van der Waals surface area contributed by atoms with Crippen LogP contribution in [0.25, 0.3) is 0 Å². The summed E-state index contributed by atoms with van der Waals surface area (Å²) < 4.78 is 24.4. The van der Waals surface area contributed by atoms with E-state index in [9.17, 15) is 13.6 Å². The Hall–Kier alpha value is -1.22. The van der Waals surface area contributed by atoms with Crippen LogP contribution in [0.2, 0.25) is 0 Å². The maximum atomic E-state index is 12.2. The van der Waals surface area contributed by atoms with Crippen LogP contribution in [0.4, 0.5) is 8.78 Å². The van der Waals surface area contributed by atoms with Gasteiger partial charge in [-0.3, -0.25) is 4.79 Å². The number of halogens is 3. The molecule has 1 rings (SSSR count). The number of nitriles is 1. The average Bonchev–Trinajstić information content (AvgIpc) is 2.16. The molecule has 0 saturated heterocycles. The van der Waals surface area contributed by atoms with Crippen LogP contribution in [0.5, 0.6) is 0 Å². The summed E-state index contributed by atoms with van der Waals surface area (Å²) in [7, 11) is 0. The molecule has 3 nitrogen and oxygen atoms in total. The first kappa shape index (κ1) is 10.9. The molecule has 1 heterocycles. The van der Waals surface area contributed by atoms with E-state index in [2.05, 4.69) is 20.9 Å². The molecule has 0 saturated carbocycles. The molecule has 0 aliphatic heterocycles. The number of H-pyrrole nitrogens is 1. The van der Waals surface area contributed by atoms with Crippen LogP contribution in [-0.4, -0.2) is 4.98 Å². The monoisotopic (exact) mass is 262 g/mol. The van der Waals surface area contributed by atoms with Crippen molar-refractivity contribution in [3.63, 3.8) is 0 Å². The number of pyridine rings is 1. The molecule has 1 aromatic rings. The van der Waals surface area contributed by atoms with Crippen molar-refractivity contribution in [2.45, 2.75) is 11.8 Å². The quantitative estimate of drug-likeness (QED) is 0.830. The van der Waals surface area contributed by atoms with Gasteiger partial charge in [0.15, 0.2) is 5.43 Å². The summed E-state index contributed by atoms with van der Waals surface area (Å²) in [5, 5.41) is 8.76. The summed E-state index contributed by atoms with van der Waals surface area (Å²) >= 11 is 3.00. The number of aromatic nitrogens is 1. The van der Waals surface area contributed by atoms with Gasteiger partial charge in [0.25, 0.3) is 6.43 Å². The summed E-state index contributed by atoms with van der Waals surface area (Å²) in [5.41, 5.74) is -1.05. The van der Waals surface area contributed by atoms with Gasteiger partial charge in [-0.1, -0.05) is 15.9 Å². The number of rotatable bonds is 2. The molecule has 14 heavy (non-hydrogen) atoms. The molecule has 0 fully saturated rings. The lowest BCUT2D eigenvalue weighted by molar-refractivity contribution is 0.146. The lowest BCUT2D eigenvalue weighted by Crippen LogP contribution is -2.13. The largest absolute Gasteiger partial charge is 0.345 e. The molecule has 6 heteroatoms. The topological polar surface area (TPSA) is 56.6 Å². The van der Waals surface area contributed by atoms with Gasteiger partial charge < -0.3 is 4.98 Å². The second-order valence-corrected chi connectivity index (χ2v) is 3.05. The molecule has 0 aliphatic rings. The molecule has 0 bridgehead atoms. The summed E-state index contributed by atoms with van der Waals surface area (Å²) in [6.07, 6.45) is -2.78. The normalized spacial score (nSPS) is 10.2. The molecule has 0 unspecified atom stereocenters. The Balaban J connectivity index is 3.41. The van der Waals surface area contributed by atoms with E-state index >= 15 is 0 Å². The highest BCUT2D eigenvalue weighted by atomic mass is 79.9. The van der Waals surface area contributed by atoms with E-state index in [4.69, 9.17) is 5.26 Å². The smallest absolute Gasteiger partial charge is 0.278 e. The minimum absolute atomic E-state index is 0.121. The number of alkyl halides is 3. The third-order valence-corrected chi connectivity index (χ3v) is 2.20. The maximum Gasteiger partial charge on any atom is 0.278 e. The summed E-state index contributed by atoms with van der Waals surface area (Å²) in [6, 6.07) is 2.47. The first-order valence-electron chi connectivity index (χ1n) is 3.60. The molecule has 1 N–H and O–H groups in total. The van der Waals surface area contributed by atoms with Crippen molar-refractivity contribution in [1.82, 2.24) is 4.98 Å². The molecule has 1 aromatic heterocycles. The Bertz CT molecular complexity index is 436. The van der Waals surface area contributed by atoms with Crippen LogP contribution < -0.4 is 5.43 Å². The summed E-state index contributed by atoms with van der Waals surface area (Å²) in [6.45, 7) is 0. The van der Waals surface area contributed by atoms with Crippen molar-refractivity contribution in [3.8, 4) is 6.07 Å². The zero-order valence-electron chi connectivity index (χ0n) is 6.85. The number of nitrogens with zero attached hydrogens (tertiary/aromatic N) is 1. The second-order valence-electron chi connectivity index (χ2n) is 2.49. The Morgan fingerprint density at radius 3 is 2.71 bits per heavy atom. The zero-order valence-corrected chi connectivity index (χ0v) is 8.44. The van der Waals surface area contributed by atoms with E-state index in [1.807, 2.05) is 0 Å². The third-order valence-electron chi connectivity index (χ3n) is 1.64. The van der Waals surface area contributed by atoms with Crippen molar-refractivity contribution in [1.29, 1.82) is 5.26 Å². The fourth-order valence-corrected chi connectivity index (χ4v) is 1.51. The first-order valence-corrected chi connectivity index (χ1v) is 4.72. The van der Waals surface area contributed by atoms with Crippen molar-refractivity contribution in [3.05, 3.63) is 33.2 Å². The van der Waals surface area contributed by atoms with Gasteiger partial charge in [0.1, 0.15) is 11.8 Å². The fourth-order valence-electron chi connectivity index (χ4n) is 0.953. The molecule has 0 aromatic carbocycles. The maximum absolute atomic E-state index is 12.2. The second kappa shape index (κ2) is 4.33. The van der Waals surface area contributed by atoms with Crippen molar-refractivity contribution >= 4 is 15.9 Å². The van der Waals surface area contributed by atoms with E-state index in [0.717, 1.165) is 6.07 Å². The SMILES string of the molecule is N#Cc1[nH]c(C(F)F)cc(=O)c1CBr. The molecule has 0 amide bonds. The molecule has 74 valence electrons. The number of hydrogen-bond acceptors (Lipinski definition) is 2. The molecule has 0 radical (unpaired) electrons.